The molecule has 0 aliphatic carbocycles. The average molecular weight is 2020 g/mol. The summed E-state index contributed by atoms with van der Waals surface area (Å²) in [6, 6.07) is 31.6. The predicted octanol–water partition coefficient (Wildman–Crippen LogP) is 19.0. The van der Waals surface area contributed by atoms with Crippen LogP contribution in [0.3, 0.4) is 0 Å². The van der Waals surface area contributed by atoms with Crippen LogP contribution < -0.4 is 21.3 Å². The lowest BCUT2D eigenvalue weighted by molar-refractivity contribution is -0.144. The fraction of sp³-hybridized carbons (Fsp3) is 0.579. The van der Waals surface area contributed by atoms with E-state index in [2.05, 4.69) is 69.8 Å². The van der Waals surface area contributed by atoms with E-state index >= 15 is 0 Å². The highest BCUT2D eigenvalue weighted by atomic mass is 19.1. The number of rotatable bonds is 40. The van der Waals surface area contributed by atoms with Gasteiger partial charge in [0.2, 0.25) is 0 Å². The molecule has 0 spiro atoms. The molecule has 8 saturated heterocycles. The van der Waals surface area contributed by atoms with Crippen LogP contribution in [0, 0.1) is 41.0 Å². The van der Waals surface area contributed by atoms with Crippen molar-refractivity contribution in [2.24, 2.45) is 17.8 Å². The van der Waals surface area contributed by atoms with Crippen LogP contribution in [0.25, 0.3) is 0 Å². The standard InChI is InChI=1S/2C29H38FN3O4.2C28H36FN3O4/c2*30-22-9-11-24(26-7-1-2-16-37-26)25(17-22)27(29(34)35)33-14-12-20(18-33)19-36-15-4-6-23-10-8-21-5-3-13-31-28(21)32-23;29-21-8-10-23(25-6-3-15-36-25)24(16-21)26(28(33)34)32-13-11-19(17-32)18-35-14-2-5-22-9-7-20-4-1-12-30-27(20)31-22;29-20-9-11-23(25-7-4-16-36-25)24(17-20)26(28(33)34)32-14-12-22(18-32)35-15-2-1-6-21-10-8-19-5-3-13-30-27(19)31-21/h2*8-11,17,20,26-27H,1-7,12-16,18-19H2,(H,31,32)(H,34,35);7-10,16,19,25-26H,1-6,11-15,17-18H2,(H,30,31)(H,33,34);8-11,17,22,25-26H,1-7,12-16,18H2,(H,30,31)(H,33,34)/t20-,26?,27+;20-,26?,27-;19-,25-,26-;22-,25-,26+/m1111/s1. The van der Waals surface area contributed by atoms with Crippen LogP contribution in [0.4, 0.5) is 40.8 Å². The number of nitrogens with zero attached hydrogens (tertiary/aromatic N) is 8. The zero-order valence-electron chi connectivity index (χ0n) is 84.4. The number of hydrogen-bond acceptors (Lipinski definition) is 24. The van der Waals surface area contributed by atoms with Crippen LogP contribution >= 0.6 is 0 Å². The van der Waals surface area contributed by atoms with Crippen LogP contribution in [0.2, 0.25) is 0 Å². The number of aromatic nitrogens is 4. The van der Waals surface area contributed by atoms with Gasteiger partial charge in [-0.1, -0.05) is 48.5 Å². The molecule has 2 unspecified atom stereocenters. The maximum Gasteiger partial charge on any atom is 0.325 e. The highest BCUT2D eigenvalue weighted by Crippen LogP contribution is 2.44. The number of halogens is 4. The Morgan fingerprint density at radius 1 is 0.329 bits per heavy atom. The van der Waals surface area contributed by atoms with Crippen molar-refractivity contribution in [2.45, 2.75) is 254 Å². The number of unbranched alkanes of at least 4 members (excludes halogenated alkanes) is 1. The molecule has 28 nitrogen and oxygen atoms in total. The van der Waals surface area contributed by atoms with Gasteiger partial charge in [0.05, 0.1) is 50.3 Å². The number of ether oxygens (including phenoxy) is 8. The molecule has 4 aromatic heterocycles. The number of likely N-dealkylation sites (tertiary alicyclic amines) is 4. The Morgan fingerprint density at radius 2 is 0.616 bits per heavy atom. The molecule has 0 bridgehead atoms. The van der Waals surface area contributed by atoms with E-state index in [9.17, 15) is 57.2 Å². The second-order valence-electron chi connectivity index (χ2n) is 41.4. The Bertz CT molecular complexity index is 5280. The number of fused-ring (bicyclic) bond motifs is 4. The Balaban J connectivity index is 0.000000133. The van der Waals surface area contributed by atoms with E-state index in [4.69, 9.17) is 57.8 Å². The Morgan fingerprint density at radius 3 is 0.904 bits per heavy atom. The van der Waals surface area contributed by atoms with Crippen LogP contribution in [0.15, 0.2) is 121 Å². The average Bonchev–Trinajstić information content (AvgIpc) is 1.77. The number of benzene rings is 4. The predicted molar refractivity (Wildman–Crippen MR) is 548 cm³/mol. The van der Waals surface area contributed by atoms with Crippen LogP contribution in [-0.4, -0.2) is 241 Å². The Kier molecular flexibility index (Phi) is 39.5. The van der Waals surface area contributed by atoms with Crippen molar-refractivity contribution in [3.05, 3.63) is 234 Å². The van der Waals surface area contributed by atoms with Crippen molar-refractivity contribution in [3.63, 3.8) is 0 Å². The molecule has 8 N–H and O–H groups in total. The number of pyridine rings is 4. The number of nitrogens with one attached hydrogen (secondary N) is 4. The fourth-order valence-corrected chi connectivity index (χ4v) is 23.2. The van der Waals surface area contributed by atoms with Gasteiger partial charge in [-0.3, -0.25) is 38.8 Å². The van der Waals surface area contributed by atoms with Gasteiger partial charge in [-0.2, -0.15) is 0 Å². The van der Waals surface area contributed by atoms with E-state index in [-0.39, 0.29) is 48.3 Å². The van der Waals surface area contributed by atoms with Gasteiger partial charge in [0.25, 0.3) is 0 Å². The van der Waals surface area contributed by atoms with Gasteiger partial charge >= 0.3 is 23.9 Å². The minimum Gasteiger partial charge on any atom is -0.480 e. The molecule has 20 rings (SSSR count). The third-order valence-electron chi connectivity index (χ3n) is 30.7. The largest absolute Gasteiger partial charge is 0.480 e. The third-order valence-corrected chi connectivity index (χ3v) is 30.7. The molecule has 4 aromatic carbocycles. The monoisotopic (exact) mass is 2020 g/mol. The van der Waals surface area contributed by atoms with Crippen molar-refractivity contribution >= 4 is 47.1 Å². The fourth-order valence-electron chi connectivity index (χ4n) is 23.2. The van der Waals surface area contributed by atoms with Gasteiger partial charge < -0.3 is 79.6 Å². The van der Waals surface area contributed by atoms with Crippen molar-refractivity contribution in [3.8, 4) is 0 Å². The first-order valence-corrected chi connectivity index (χ1v) is 54.1. The van der Waals surface area contributed by atoms with Gasteiger partial charge in [-0.15, -0.1) is 0 Å². The first-order valence-electron chi connectivity index (χ1n) is 54.1. The maximum atomic E-state index is 14.3. The molecule has 0 radical (unpaired) electrons. The molecule has 32 heteroatoms. The van der Waals surface area contributed by atoms with E-state index in [1.165, 1.54) is 70.8 Å². The maximum absolute atomic E-state index is 14.3. The van der Waals surface area contributed by atoms with Crippen molar-refractivity contribution < 1.29 is 95.1 Å². The van der Waals surface area contributed by atoms with Crippen molar-refractivity contribution in [2.75, 3.05) is 172 Å². The summed E-state index contributed by atoms with van der Waals surface area (Å²) in [6.07, 6.45) is 29.1. The highest BCUT2D eigenvalue weighted by Gasteiger charge is 2.43. The number of aryl methyl sites for hydroxylation is 8. The second-order valence-corrected chi connectivity index (χ2v) is 41.4. The second kappa shape index (κ2) is 53.8. The molecule has 16 heterocycles. The molecule has 8 fully saturated rings. The number of carboxylic acid groups (broad SMARTS) is 4. The number of anilines is 4. The van der Waals surface area contributed by atoms with Crippen LogP contribution in [0.5, 0.6) is 0 Å². The lowest BCUT2D eigenvalue weighted by atomic mass is 9.92. The van der Waals surface area contributed by atoms with E-state index in [0.717, 1.165) is 294 Å². The highest BCUT2D eigenvalue weighted by molar-refractivity contribution is 5.78. The summed E-state index contributed by atoms with van der Waals surface area (Å²) in [4.78, 5) is 76.3. The van der Waals surface area contributed by atoms with Crippen molar-refractivity contribution in [1.82, 2.24) is 39.5 Å². The minimum absolute atomic E-state index is 0.0161. The van der Waals surface area contributed by atoms with Crippen molar-refractivity contribution in [1.29, 1.82) is 0 Å². The molecule has 12 aliphatic rings. The zero-order chi connectivity index (χ0) is 101. The van der Waals surface area contributed by atoms with E-state index in [1.54, 1.807) is 24.3 Å². The normalized spacial score (nSPS) is 22.8. The number of aliphatic carboxylic acids is 4. The summed E-state index contributed by atoms with van der Waals surface area (Å²) in [7, 11) is 0. The molecular formula is C114H148F4N12O16. The summed E-state index contributed by atoms with van der Waals surface area (Å²) in [6.45, 7) is 15.9. The van der Waals surface area contributed by atoms with Crippen LogP contribution in [-0.2, 0) is 108 Å². The summed E-state index contributed by atoms with van der Waals surface area (Å²) < 4.78 is 104. The van der Waals surface area contributed by atoms with E-state index < -0.39 is 71.3 Å². The van der Waals surface area contributed by atoms with E-state index in [1.807, 2.05) is 19.6 Å². The minimum atomic E-state index is -0.965. The van der Waals surface area contributed by atoms with Gasteiger partial charge in [-0.05, 0) is 376 Å². The smallest absolute Gasteiger partial charge is 0.325 e. The number of carbonyl (C=O) groups is 4. The van der Waals surface area contributed by atoms with Gasteiger partial charge in [0.15, 0.2) is 0 Å². The van der Waals surface area contributed by atoms with Gasteiger partial charge in [-0.25, -0.2) is 37.5 Å². The van der Waals surface area contributed by atoms with Gasteiger partial charge in [0.1, 0.15) is 70.7 Å². The van der Waals surface area contributed by atoms with Gasteiger partial charge in [0, 0.05) is 135 Å². The summed E-state index contributed by atoms with van der Waals surface area (Å²) >= 11 is 0. The molecule has 12 atom stereocenters. The summed E-state index contributed by atoms with van der Waals surface area (Å²) in [5.74, 6) is -0.573. The number of carboxylic acids is 4. The quantitative estimate of drug-likeness (QED) is 0.0131. The molecule has 8 aromatic rings. The Labute approximate surface area is 855 Å². The molecule has 146 heavy (non-hydrogen) atoms. The van der Waals surface area contributed by atoms with E-state index in [0.29, 0.717) is 147 Å². The summed E-state index contributed by atoms with van der Waals surface area (Å²) in [5, 5.41) is 54.1. The zero-order valence-corrected chi connectivity index (χ0v) is 84.4. The molecule has 0 saturated carbocycles. The lowest BCUT2D eigenvalue weighted by Crippen LogP contribution is -2.34. The topological polar surface area (TPSA) is 336 Å². The SMILES string of the molecule is O=C(O)[C@@H](c1cc(F)ccc1C1CCCCO1)N1CC[C@@H](COCCCc2ccc3c(n2)NCCC3)C1.O=C(O)[C@@H](c1cc(F)ccc1[C@H]1CCCO1)N1CC[C@@H](COCCCc2ccc3c(n2)NCCC3)C1.O=C(O)[C@H](c1cc(F)ccc1C1CCCCO1)N1CC[C@@H](COCCCc2ccc3c(n2)NCCC3)C1.O=C(O)[C@H](c1cc(F)ccc1[C@H]1CCCO1)N1CC[C@@H](OCCCCc2ccc3c(n2)NCCC3)C1. The van der Waals surface area contributed by atoms with Crippen LogP contribution in [0.1, 0.15) is 286 Å². The third kappa shape index (κ3) is 29.3. The molecular weight excluding hydrogens is 1870 g/mol. The first kappa shape index (κ1) is 107. The molecule has 0 amide bonds. The number of hydrogen-bond donors (Lipinski definition) is 8. The summed E-state index contributed by atoms with van der Waals surface area (Å²) in [5.41, 5.74) is 14.8. The Hall–Kier alpha value is -10.2. The molecule has 12 aliphatic heterocycles. The lowest BCUT2D eigenvalue weighted by Gasteiger charge is -2.30. The molecule has 788 valence electrons. The first-order chi connectivity index (χ1) is 71.3.